The van der Waals surface area contributed by atoms with Crippen LogP contribution in [0.1, 0.15) is 17.5 Å². The molecule has 0 atom stereocenters. The molecule has 0 fully saturated rings. The lowest BCUT2D eigenvalue weighted by Gasteiger charge is -2.08. The minimum atomic E-state index is -3.79. The van der Waals surface area contributed by atoms with Crippen molar-refractivity contribution < 1.29 is 22.1 Å². The van der Waals surface area contributed by atoms with Crippen LogP contribution in [-0.4, -0.2) is 32.7 Å². The van der Waals surface area contributed by atoms with Gasteiger partial charge >= 0.3 is 5.97 Å². The Balaban J connectivity index is 1.72. The number of methoxy groups -OCH3 is 1. The Morgan fingerprint density at radius 2 is 1.79 bits per heavy atom. The van der Waals surface area contributed by atoms with Crippen LogP contribution in [0.2, 0.25) is 0 Å². The standard InChI is InChI=1S/C21H23NO5S/c1-16-7-10-18(11-8-16)28(24,25)27-14-13-22-15-17(9-12-21(23)26-2)19-5-3-4-6-20(19)22/h3-8,10-11,15H,9,12-14H2,1-2H3. The normalized spacial score (nSPS) is 11.6. The number of aryl methyl sites for hydroxylation is 2. The molecule has 7 heteroatoms. The molecule has 6 nitrogen and oxygen atoms in total. The van der Waals surface area contributed by atoms with Gasteiger partial charge in [0, 0.05) is 30.1 Å². The number of aromatic nitrogens is 1. The van der Waals surface area contributed by atoms with Gasteiger partial charge in [0.05, 0.1) is 18.6 Å². The second-order valence-electron chi connectivity index (χ2n) is 6.53. The van der Waals surface area contributed by atoms with Crippen molar-refractivity contribution in [3.63, 3.8) is 0 Å². The first-order valence-electron chi connectivity index (χ1n) is 9.00. The van der Waals surface area contributed by atoms with E-state index in [1.165, 1.54) is 7.11 Å². The molecule has 28 heavy (non-hydrogen) atoms. The van der Waals surface area contributed by atoms with Gasteiger partial charge in [0.25, 0.3) is 10.1 Å². The molecular weight excluding hydrogens is 378 g/mol. The predicted octanol–water partition coefficient (Wildman–Crippen LogP) is 3.46. The highest BCUT2D eigenvalue weighted by atomic mass is 32.2. The van der Waals surface area contributed by atoms with E-state index in [9.17, 15) is 13.2 Å². The monoisotopic (exact) mass is 401 g/mol. The summed E-state index contributed by atoms with van der Waals surface area (Å²) in [7, 11) is -2.42. The Hall–Kier alpha value is -2.64. The predicted molar refractivity (Wildman–Crippen MR) is 107 cm³/mol. The number of hydrogen-bond acceptors (Lipinski definition) is 5. The Labute approximate surface area is 164 Å². The zero-order chi connectivity index (χ0) is 20.1. The van der Waals surface area contributed by atoms with Crippen molar-refractivity contribution >= 4 is 27.0 Å². The van der Waals surface area contributed by atoms with Crippen LogP contribution < -0.4 is 0 Å². The highest BCUT2D eigenvalue weighted by Crippen LogP contribution is 2.23. The second-order valence-corrected chi connectivity index (χ2v) is 8.15. The van der Waals surface area contributed by atoms with Gasteiger partial charge in [-0.1, -0.05) is 35.9 Å². The van der Waals surface area contributed by atoms with E-state index in [4.69, 9.17) is 8.92 Å². The van der Waals surface area contributed by atoms with Crippen LogP contribution in [0, 0.1) is 6.92 Å². The number of carbonyl (C=O) groups excluding carboxylic acids is 1. The molecule has 0 aliphatic rings. The molecule has 0 amide bonds. The largest absolute Gasteiger partial charge is 0.469 e. The van der Waals surface area contributed by atoms with Gasteiger partial charge in [-0.2, -0.15) is 8.42 Å². The van der Waals surface area contributed by atoms with Crippen LogP contribution in [0.4, 0.5) is 0 Å². The lowest BCUT2D eigenvalue weighted by molar-refractivity contribution is -0.140. The van der Waals surface area contributed by atoms with Crippen LogP contribution in [-0.2, 0) is 36.8 Å². The molecule has 0 aliphatic carbocycles. The SMILES string of the molecule is COC(=O)CCc1cn(CCOS(=O)(=O)c2ccc(C)cc2)c2ccccc12. The van der Waals surface area contributed by atoms with Crippen molar-refractivity contribution in [2.45, 2.75) is 31.2 Å². The summed E-state index contributed by atoms with van der Waals surface area (Å²) in [5.41, 5.74) is 2.97. The van der Waals surface area contributed by atoms with Gasteiger partial charge in [0.1, 0.15) is 0 Å². The van der Waals surface area contributed by atoms with E-state index >= 15 is 0 Å². The maximum atomic E-state index is 12.3. The van der Waals surface area contributed by atoms with Gasteiger partial charge in [0.2, 0.25) is 0 Å². The highest BCUT2D eigenvalue weighted by Gasteiger charge is 2.15. The number of esters is 1. The van der Waals surface area contributed by atoms with Gasteiger partial charge in [-0.05, 0) is 37.1 Å². The van der Waals surface area contributed by atoms with Crippen molar-refractivity contribution in [3.8, 4) is 0 Å². The second kappa shape index (κ2) is 8.58. The van der Waals surface area contributed by atoms with Crippen LogP contribution >= 0.6 is 0 Å². The van der Waals surface area contributed by atoms with E-state index in [-0.39, 0.29) is 17.5 Å². The van der Waals surface area contributed by atoms with Gasteiger partial charge in [0.15, 0.2) is 0 Å². The average Bonchev–Trinajstić information content (AvgIpc) is 3.04. The number of nitrogens with zero attached hydrogens (tertiary/aromatic N) is 1. The first kappa shape index (κ1) is 20.1. The number of para-hydroxylation sites is 1. The lowest BCUT2D eigenvalue weighted by Crippen LogP contribution is -2.12. The number of fused-ring (bicyclic) bond motifs is 1. The molecule has 148 valence electrons. The van der Waals surface area contributed by atoms with E-state index in [0.29, 0.717) is 19.4 Å². The van der Waals surface area contributed by atoms with Crippen LogP contribution in [0.3, 0.4) is 0 Å². The summed E-state index contributed by atoms with van der Waals surface area (Å²) in [6.07, 6.45) is 2.79. The van der Waals surface area contributed by atoms with Crippen molar-refractivity contribution in [2.24, 2.45) is 0 Å². The molecule has 0 N–H and O–H groups in total. The maximum absolute atomic E-state index is 12.3. The van der Waals surface area contributed by atoms with Gasteiger partial charge in [-0.25, -0.2) is 0 Å². The summed E-state index contributed by atoms with van der Waals surface area (Å²) in [4.78, 5) is 11.6. The Morgan fingerprint density at radius 1 is 1.07 bits per heavy atom. The maximum Gasteiger partial charge on any atom is 0.305 e. The first-order valence-corrected chi connectivity index (χ1v) is 10.4. The quantitative estimate of drug-likeness (QED) is 0.427. The van der Waals surface area contributed by atoms with E-state index in [1.54, 1.807) is 24.3 Å². The zero-order valence-corrected chi connectivity index (χ0v) is 16.7. The number of ether oxygens (including phenoxy) is 1. The molecule has 0 unspecified atom stereocenters. The Kier molecular flexibility index (Phi) is 6.16. The number of carbonyl (C=O) groups is 1. The van der Waals surface area contributed by atoms with E-state index in [1.807, 2.05) is 42.0 Å². The molecule has 0 radical (unpaired) electrons. The van der Waals surface area contributed by atoms with E-state index in [2.05, 4.69) is 0 Å². The van der Waals surface area contributed by atoms with Crippen molar-refractivity contribution in [2.75, 3.05) is 13.7 Å². The van der Waals surface area contributed by atoms with Gasteiger partial charge < -0.3 is 9.30 Å². The minimum Gasteiger partial charge on any atom is -0.469 e. The fourth-order valence-electron chi connectivity index (χ4n) is 3.06. The van der Waals surface area contributed by atoms with E-state index in [0.717, 1.165) is 22.0 Å². The summed E-state index contributed by atoms with van der Waals surface area (Å²) in [5.74, 6) is -0.260. The molecule has 0 saturated carbocycles. The van der Waals surface area contributed by atoms with Gasteiger partial charge in [-0.15, -0.1) is 0 Å². The minimum absolute atomic E-state index is 0.0192. The zero-order valence-electron chi connectivity index (χ0n) is 15.9. The molecule has 3 rings (SSSR count). The van der Waals surface area contributed by atoms with Gasteiger partial charge in [-0.3, -0.25) is 8.98 Å². The molecule has 1 heterocycles. The Bertz CT molecular complexity index is 1070. The number of rotatable bonds is 8. The molecule has 0 spiro atoms. The van der Waals surface area contributed by atoms with Crippen molar-refractivity contribution in [1.82, 2.24) is 4.57 Å². The highest BCUT2D eigenvalue weighted by molar-refractivity contribution is 7.86. The topological polar surface area (TPSA) is 74.6 Å². The third-order valence-corrected chi connectivity index (χ3v) is 5.90. The fourth-order valence-corrected chi connectivity index (χ4v) is 3.96. The summed E-state index contributed by atoms with van der Waals surface area (Å²) in [6.45, 7) is 2.29. The molecule has 0 aliphatic heterocycles. The first-order chi connectivity index (χ1) is 13.4. The molecule has 1 aromatic heterocycles. The van der Waals surface area contributed by atoms with Crippen molar-refractivity contribution in [1.29, 1.82) is 0 Å². The van der Waals surface area contributed by atoms with Crippen LogP contribution in [0.15, 0.2) is 59.6 Å². The fraction of sp³-hybridized carbons (Fsp3) is 0.286. The third kappa shape index (κ3) is 4.61. The summed E-state index contributed by atoms with van der Waals surface area (Å²) in [6, 6.07) is 14.4. The summed E-state index contributed by atoms with van der Waals surface area (Å²) < 4.78 is 36.5. The molecule has 3 aromatic rings. The van der Waals surface area contributed by atoms with Crippen LogP contribution in [0.5, 0.6) is 0 Å². The number of benzene rings is 2. The molecular formula is C21H23NO5S. The smallest absolute Gasteiger partial charge is 0.305 e. The number of hydrogen-bond donors (Lipinski definition) is 0. The molecule has 0 saturated heterocycles. The summed E-state index contributed by atoms with van der Waals surface area (Å²) in [5, 5.41) is 1.03. The third-order valence-electron chi connectivity index (χ3n) is 4.58. The Morgan fingerprint density at radius 3 is 2.50 bits per heavy atom. The lowest BCUT2D eigenvalue weighted by atomic mass is 10.1. The van der Waals surface area contributed by atoms with Crippen LogP contribution in [0.25, 0.3) is 10.9 Å². The van der Waals surface area contributed by atoms with E-state index < -0.39 is 10.1 Å². The summed E-state index contributed by atoms with van der Waals surface area (Å²) >= 11 is 0. The molecule has 0 bridgehead atoms. The van der Waals surface area contributed by atoms with Crippen molar-refractivity contribution in [3.05, 3.63) is 65.9 Å². The molecule has 2 aromatic carbocycles. The average molecular weight is 401 g/mol.